The van der Waals surface area contributed by atoms with Gasteiger partial charge in [-0.1, -0.05) is 250 Å². The van der Waals surface area contributed by atoms with E-state index in [1.54, 1.807) is 0 Å². The third-order valence-corrected chi connectivity index (χ3v) is 12.8. The molecular formula is C56H107NO5. The third kappa shape index (κ3) is 47.8. The second-order valence-electron chi connectivity index (χ2n) is 18.9. The molecule has 0 aliphatic rings. The smallest absolute Gasteiger partial charge is 0.305 e. The number of aliphatic hydroxyl groups excluding tert-OH is 2. The highest BCUT2D eigenvalue weighted by atomic mass is 16.5. The van der Waals surface area contributed by atoms with Gasteiger partial charge in [0.05, 0.1) is 25.4 Å². The number of aliphatic hydroxyl groups is 2. The number of hydrogen-bond donors (Lipinski definition) is 3. The van der Waals surface area contributed by atoms with E-state index in [9.17, 15) is 19.8 Å². The number of nitrogens with one attached hydrogen (secondary N) is 1. The van der Waals surface area contributed by atoms with Gasteiger partial charge < -0.3 is 20.3 Å². The summed E-state index contributed by atoms with van der Waals surface area (Å²) in [5, 5.41) is 23.1. The van der Waals surface area contributed by atoms with Crippen LogP contribution in [0.5, 0.6) is 0 Å². The third-order valence-electron chi connectivity index (χ3n) is 12.8. The van der Waals surface area contributed by atoms with Crippen molar-refractivity contribution in [2.75, 3.05) is 13.2 Å². The minimum atomic E-state index is -0.663. The standard InChI is InChI=1S/C56H107NO5/c1-3-5-7-9-11-13-14-15-16-24-27-30-34-38-42-46-50-56(61)62-51-47-43-39-35-31-28-25-22-20-18-17-19-21-23-26-29-33-37-41-45-49-55(60)57-53(52-58)54(59)48-44-40-36-32-12-10-8-6-4-2/h13-14,16,24,53-54,58-59H,3-12,15,17-23,25-52H2,1-2H3,(H,57,60)/b14-13-,24-16-. The molecule has 2 unspecified atom stereocenters. The van der Waals surface area contributed by atoms with Crippen molar-refractivity contribution in [3.8, 4) is 0 Å². The fourth-order valence-corrected chi connectivity index (χ4v) is 8.49. The van der Waals surface area contributed by atoms with Crippen LogP contribution in [-0.2, 0) is 14.3 Å². The molecule has 366 valence electrons. The highest BCUT2D eigenvalue weighted by Crippen LogP contribution is 2.17. The van der Waals surface area contributed by atoms with Crippen molar-refractivity contribution in [1.82, 2.24) is 5.32 Å². The Labute approximate surface area is 386 Å². The average Bonchev–Trinajstić information content (AvgIpc) is 3.27. The van der Waals surface area contributed by atoms with Crippen LogP contribution >= 0.6 is 0 Å². The molecule has 0 heterocycles. The molecule has 0 radical (unpaired) electrons. The Kier molecular flexibility index (Phi) is 50.6. The van der Waals surface area contributed by atoms with Gasteiger partial charge >= 0.3 is 5.97 Å². The van der Waals surface area contributed by atoms with E-state index in [1.807, 2.05) is 0 Å². The number of unbranched alkanes of at least 4 members (excludes halogenated alkanes) is 36. The summed E-state index contributed by atoms with van der Waals surface area (Å²) in [6.45, 7) is 4.91. The molecule has 0 aromatic rings. The van der Waals surface area contributed by atoms with Gasteiger partial charge in [-0.2, -0.15) is 0 Å². The van der Waals surface area contributed by atoms with E-state index >= 15 is 0 Å². The van der Waals surface area contributed by atoms with E-state index < -0.39 is 12.1 Å². The van der Waals surface area contributed by atoms with E-state index in [-0.39, 0.29) is 18.5 Å². The molecule has 0 aliphatic heterocycles. The Hall–Kier alpha value is -1.66. The molecule has 0 aromatic carbocycles. The van der Waals surface area contributed by atoms with Crippen LogP contribution in [0.4, 0.5) is 0 Å². The van der Waals surface area contributed by atoms with Crippen LogP contribution in [0.2, 0.25) is 0 Å². The number of ether oxygens (including phenoxy) is 1. The predicted octanol–water partition coefficient (Wildman–Crippen LogP) is 16.7. The van der Waals surface area contributed by atoms with E-state index in [0.29, 0.717) is 25.9 Å². The lowest BCUT2D eigenvalue weighted by Crippen LogP contribution is -2.45. The first-order valence-electron chi connectivity index (χ1n) is 27.6. The van der Waals surface area contributed by atoms with Gasteiger partial charge in [-0.3, -0.25) is 9.59 Å². The first kappa shape index (κ1) is 60.3. The second-order valence-corrected chi connectivity index (χ2v) is 18.9. The number of esters is 1. The molecule has 6 nitrogen and oxygen atoms in total. The molecule has 0 spiro atoms. The zero-order chi connectivity index (χ0) is 45.1. The minimum absolute atomic E-state index is 0.00306. The maximum atomic E-state index is 12.4. The maximum absolute atomic E-state index is 12.4. The number of amides is 1. The Morgan fingerprint density at radius 3 is 1.24 bits per heavy atom. The van der Waals surface area contributed by atoms with Gasteiger partial charge in [0.25, 0.3) is 0 Å². The number of hydrogen-bond acceptors (Lipinski definition) is 5. The summed E-state index contributed by atoms with van der Waals surface area (Å²) in [5.41, 5.74) is 0. The van der Waals surface area contributed by atoms with Gasteiger partial charge in [0.1, 0.15) is 0 Å². The minimum Gasteiger partial charge on any atom is -0.466 e. The van der Waals surface area contributed by atoms with Crippen LogP contribution in [0, 0.1) is 0 Å². The molecule has 62 heavy (non-hydrogen) atoms. The molecule has 0 saturated carbocycles. The van der Waals surface area contributed by atoms with Gasteiger partial charge in [-0.15, -0.1) is 0 Å². The molecule has 0 bridgehead atoms. The molecule has 0 fully saturated rings. The molecule has 3 N–H and O–H groups in total. The number of allylic oxidation sites excluding steroid dienone is 4. The Morgan fingerprint density at radius 1 is 0.452 bits per heavy atom. The largest absolute Gasteiger partial charge is 0.466 e. The van der Waals surface area contributed by atoms with Crippen LogP contribution in [0.25, 0.3) is 0 Å². The lowest BCUT2D eigenvalue weighted by atomic mass is 10.0. The SMILES string of the molecule is CCCCCC/C=C\C/C=C\CCCCCCCC(=O)OCCCCCCCCCCCCCCCCCCCCCCC(=O)NC(CO)C(O)CCCCCCCCCCC. The first-order chi connectivity index (χ1) is 30.5. The van der Waals surface area contributed by atoms with Gasteiger partial charge in [0, 0.05) is 12.8 Å². The van der Waals surface area contributed by atoms with E-state index in [0.717, 1.165) is 51.4 Å². The number of carbonyl (C=O) groups is 2. The van der Waals surface area contributed by atoms with Gasteiger partial charge in [0.15, 0.2) is 0 Å². The van der Waals surface area contributed by atoms with Crippen molar-refractivity contribution < 1.29 is 24.5 Å². The Bertz CT molecular complexity index is 966. The fourth-order valence-electron chi connectivity index (χ4n) is 8.49. The molecule has 0 aromatic heterocycles. The summed E-state index contributed by atoms with van der Waals surface area (Å²) in [4.78, 5) is 24.4. The summed E-state index contributed by atoms with van der Waals surface area (Å²) in [5.74, 6) is -0.0424. The van der Waals surface area contributed by atoms with Crippen LogP contribution in [0.1, 0.15) is 296 Å². The van der Waals surface area contributed by atoms with Gasteiger partial charge in [-0.25, -0.2) is 0 Å². The van der Waals surface area contributed by atoms with Crippen LogP contribution in [-0.4, -0.2) is 47.4 Å². The summed E-state index contributed by atoms with van der Waals surface area (Å²) < 4.78 is 5.47. The van der Waals surface area contributed by atoms with Crippen molar-refractivity contribution in [2.24, 2.45) is 0 Å². The van der Waals surface area contributed by atoms with Crippen molar-refractivity contribution in [3.63, 3.8) is 0 Å². The summed E-state index contributed by atoms with van der Waals surface area (Å²) in [6, 6.07) is -0.540. The normalized spacial score (nSPS) is 12.8. The quantitative estimate of drug-likeness (QED) is 0.0321. The molecule has 0 rings (SSSR count). The molecule has 0 saturated heterocycles. The van der Waals surface area contributed by atoms with Gasteiger partial charge in [-0.05, 0) is 57.8 Å². The molecular weight excluding hydrogens is 767 g/mol. The predicted molar refractivity (Wildman–Crippen MR) is 269 cm³/mol. The average molecular weight is 874 g/mol. The summed E-state index contributed by atoms with van der Waals surface area (Å²) >= 11 is 0. The highest BCUT2D eigenvalue weighted by molar-refractivity contribution is 5.76. The van der Waals surface area contributed by atoms with Crippen LogP contribution < -0.4 is 5.32 Å². The molecule has 2 atom stereocenters. The zero-order valence-electron chi connectivity index (χ0n) is 41.6. The van der Waals surface area contributed by atoms with Crippen molar-refractivity contribution in [1.29, 1.82) is 0 Å². The fraction of sp³-hybridized carbons (Fsp3) is 0.893. The van der Waals surface area contributed by atoms with E-state index in [2.05, 4.69) is 43.5 Å². The van der Waals surface area contributed by atoms with E-state index in [1.165, 1.54) is 212 Å². The number of carbonyl (C=O) groups excluding carboxylic acids is 2. The highest BCUT2D eigenvalue weighted by Gasteiger charge is 2.20. The summed E-state index contributed by atoms with van der Waals surface area (Å²) in [7, 11) is 0. The first-order valence-corrected chi connectivity index (χ1v) is 27.6. The zero-order valence-corrected chi connectivity index (χ0v) is 41.6. The second kappa shape index (κ2) is 52.0. The monoisotopic (exact) mass is 874 g/mol. The van der Waals surface area contributed by atoms with Crippen LogP contribution in [0.3, 0.4) is 0 Å². The van der Waals surface area contributed by atoms with Crippen molar-refractivity contribution in [3.05, 3.63) is 24.3 Å². The van der Waals surface area contributed by atoms with Crippen molar-refractivity contribution >= 4 is 11.9 Å². The Balaban J connectivity index is 3.37. The van der Waals surface area contributed by atoms with E-state index in [4.69, 9.17) is 4.74 Å². The van der Waals surface area contributed by atoms with Gasteiger partial charge in [0.2, 0.25) is 5.91 Å². The van der Waals surface area contributed by atoms with Crippen molar-refractivity contribution in [2.45, 2.75) is 309 Å². The molecule has 0 aliphatic carbocycles. The lowest BCUT2D eigenvalue weighted by molar-refractivity contribution is -0.143. The summed E-state index contributed by atoms with van der Waals surface area (Å²) in [6.07, 6.45) is 61.7. The lowest BCUT2D eigenvalue weighted by Gasteiger charge is -2.22. The topological polar surface area (TPSA) is 95.9 Å². The Morgan fingerprint density at radius 2 is 0.806 bits per heavy atom. The number of rotatable bonds is 51. The van der Waals surface area contributed by atoms with Crippen LogP contribution in [0.15, 0.2) is 24.3 Å². The maximum Gasteiger partial charge on any atom is 0.305 e. The molecule has 1 amide bonds. The molecule has 6 heteroatoms.